The van der Waals surface area contributed by atoms with E-state index in [9.17, 15) is 4.79 Å². The molecule has 0 aliphatic carbocycles. The minimum atomic E-state index is -0.215. The molecule has 0 aromatic heterocycles. The first kappa shape index (κ1) is 16.4. The fourth-order valence-electron chi connectivity index (χ4n) is 2.07. The van der Waals surface area contributed by atoms with Crippen molar-refractivity contribution in [2.45, 2.75) is 26.7 Å². The van der Waals surface area contributed by atoms with Crippen LogP contribution in [0.4, 0.5) is 0 Å². The van der Waals surface area contributed by atoms with Crippen LogP contribution in [0.1, 0.15) is 41.3 Å². The predicted octanol–water partition coefficient (Wildman–Crippen LogP) is 4.69. The largest absolute Gasteiger partial charge is 0.272 e. The van der Waals surface area contributed by atoms with Crippen molar-refractivity contribution in [2.75, 3.05) is 0 Å². The van der Waals surface area contributed by atoms with Gasteiger partial charge in [-0.15, -0.1) is 0 Å². The Morgan fingerprint density at radius 2 is 1.82 bits per heavy atom. The molecular weight excluding hydrogens is 340 g/mol. The summed E-state index contributed by atoms with van der Waals surface area (Å²) < 4.78 is 0.759. The molecule has 0 saturated heterocycles. The van der Waals surface area contributed by atoms with Crippen molar-refractivity contribution in [3.8, 4) is 0 Å². The molecule has 3 nitrogen and oxygen atoms in total. The number of nitrogens with one attached hydrogen (secondary N) is 1. The van der Waals surface area contributed by atoms with Crippen LogP contribution in [0.5, 0.6) is 0 Å². The molecule has 1 amide bonds. The molecule has 0 saturated carbocycles. The summed E-state index contributed by atoms with van der Waals surface area (Å²) in [6.45, 7) is 4.15. The zero-order chi connectivity index (χ0) is 15.9. The second-order valence-electron chi connectivity index (χ2n) is 5.10. The molecule has 1 N–H and O–H groups in total. The topological polar surface area (TPSA) is 41.5 Å². The van der Waals surface area contributed by atoms with Crippen LogP contribution in [0.15, 0.2) is 58.1 Å². The summed E-state index contributed by atoms with van der Waals surface area (Å²) in [6.07, 6.45) is 1.79. The molecule has 2 aromatic carbocycles. The summed E-state index contributed by atoms with van der Waals surface area (Å²) in [5.41, 5.74) is 6.37. The van der Waals surface area contributed by atoms with Gasteiger partial charge in [-0.05, 0) is 47.0 Å². The second-order valence-corrected chi connectivity index (χ2v) is 5.95. The molecule has 0 bridgehead atoms. The molecule has 0 fully saturated rings. The van der Waals surface area contributed by atoms with E-state index in [1.54, 1.807) is 6.07 Å². The summed E-state index contributed by atoms with van der Waals surface area (Å²) in [5, 5.41) is 4.33. The maximum absolute atomic E-state index is 12.2. The van der Waals surface area contributed by atoms with Gasteiger partial charge in [-0.3, -0.25) is 4.79 Å². The van der Waals surface area contributed by atoms with Gasteiger partial charge in [0.2, 0.25) is 0 Å². The van der Waals surface area contributed by atoms with Crippen molar-refractivity contribution in [2.24, 2.45) is 5.10 Å². The van der Waals surface area contributed by atoms with Gasteiger partial charge in [0, 0.05) is 4.47 Å². The van der Waals surface area contributed by atoms with Crippen LogP contribution in [0.3, 0.4) is 0 Å². The average molecular weight is 359 g/mol. The van der Waals surface area contributed by atoms with Crippen LogP contribution in [0.2, 0.25) is 0 Å². The third-order valence-corrected chi connectivity index (χ3v) is 3.97. The molecule has 2 aromatic rings. The summed E-state index contributed by atoms with van der Waals surface area (Å²) in [7, 11) is 0. The van der Waals surface area contributed by atoms with Gasteiger partial charge in [0.15, 0.2) is 0 Å². The lowest BCUT2D eigenvalue weighted by molar-refractivity contribution is 0.0954. The Labute approximate surface area is 139 Å². The number of carbonyl (C=O) groups is 1. The van der Waals surface area contributed by atoms with Gasteiger partial charge in [0.1, 0.15) is 0 Å². The molecule has 0 atom stereocenters. The lowest BCUT2D eigenvalue weighted by Gasteiger charge is -2.08. The van der Waals surface area contributed by atoms with Crippen molar-refractivity contribution >= 4 is 27.5 Å². The first-order valence-corrected chi connectivity index (χ1v) is 8.09. The lowest BCUT2D eigenvalue weighted by Crippen LogP contribution is -2.20. The number of aryl methyl sites for hydroxylation is 1. The van der Waals surface area contributed by atoms with Crippen molar-refractivity contribution in [1.82, 2.24) is 5.43 Å². The number of amides is 1. The molecule has 0 heterocycles. The molecular formula is C18H19BrN2O. The standard InChI is InChI=1S/C18H19BrN2O/c1-3-6-17(14-11-9-13(2)10-12-14)20-21-18(22)15-7-4-5-8-16(15)19/h4-5,7-12H,3,6H2,1-2H3,(H,21,22). The normalized spacial score (nSPS) is 11.3. The summed E-state index contributed by atoms with van der Waals surface area (Å²) in [6, 6.07) is 15.5. The van der Waals surface area contributed by atoms with Gasteiger partial charge < -0.3 is 0 Å². The maximum atomic E-state index is 12.2. The van der Waals surface area contributed by atoms with Crippen molar-refractivity contribution in [3.63, 3.8) is 0 Å². The highest BCUT2D eigenvalue weighted by Gasteiger charge is 2.09. The number of halogens is 1. The number of benzene rings is 2. The van der Waals surface area contributed by atoms with Crippen LogP contribution < -0.4 is 5.43 Å². The Hall–Kier alpha value is -1.94. The third-order valence-electron chi connectivity index (χ3n) is 3.28. The minimum Gasteiger partial charge on any atom is -0.267 e. The zero-order valence-electron chi connectivity index (χ0n) is 12.8. The van der Waals surface area contributed by atoms with Gasteiger partial charge >= 0.3 is 0 Å². The lowest BCUT2D eigenvalue weighted by atomic mass is 10.0. The van der Waals surface area contributed by atoms with Crippen LogP contribution in [-0.4, -0.2) is 11.6 Å². The minimum absolute atomic E-state index is 0.215. The van der Waals surface area contributed by atoms with Crippen molar-refractivity contribution < 1.29 is 4.79 Å². The molecule has 0 aliphatic heterocycles. The predicted molar refractivity (Wildman–Crippen MR) is 94.2 cm³/mol. The number of rotatable bonds is 5. The Morgan fingerprint density at radius 3 is 2.45 bits per heavy atom. The summed E-state index contributed by atoms with van der Waals surface area (Å²) in [5.74, 6) is -0.215. The van der Waals surface area contributed by atoms with Crippen LogP contribution >= 0.6 is 15.9 Å². The highest BCUT2D eigenvalue weighted by atomic mass is 79.9. The molecule has 0 radical (unpaired) electrons. The molecule has 4 heteroatoms. The number of hydrogen-bond acceptors (Lipinski definition) is 2. The zero-order valence-corrected chi connectivity index (χ0v) is 14.4. The van der Waals surface area contributed by atoms with Gasteiger partial charge in [0.25, 0.3) is 5.91 Å². The molecule has 0 aliphatic rings. The van der Waals surface area contributed by atoms with E-state index in [-0.39, 0.29) is 5.91 Å². The van der Waals surface area contributed by atoms with Gasteiger partial charge in [-0.2, -0.15) is 5.10 Å². The van der Waals surface area contributed by atoms with E-state index in [1.165, 1.54) is 5.56 Å². The smallest absolute Gasteiger partial charge is 0.267 e. The van der Waals surface area contributed by atoms with Crippen molar-refractivity contribution in [1.29, 1.82) is 0 Å². The van der Waals surface area contributed by atoms with E-state index in [4.69, 9.17) is 0 Å². The second kappa shape index (κ2) is 7.90. The first-order valence-electron chi connectivity index (χ1n) is 7.30. The molecule has 22 heavy (non-hydrogen) atoms. The maximum Gasteiger partial charge on any atom is 0.272 e. The average Bonchev–Trinajstić information content (AvgIpc) is 2.52. The fraction of sp³-hybridized carbons (Fsp3) is 0.222. The highest BCUT2D eigenvalue weighted by molar-refractivity contribution is 9.10. The monoisotopic (exact) mass is 358 g/mol. The van der Waals surface area contributed by atoms with E-state index < -0.39 is 0 Å². The Bertz CT molecular complexity index is 678. The van der Waals surface area contributed by atoms with E-state index in [2.05, 4.69) is 52.4 Å². The SMILES string of the molecule is CCCC(=NNC(=O)c1ccccc1Br)c1ccc(C)cc1. The molecule has 2 rings (SSSR count). The highest BCUT2D eigenvalue weighted by Crippen LogP contribution is 2.15. The van der Waals surface area contributed by atoms with E-state index in [0.717, 1.165) is 28.6 Å². The Balaban J connectivity index is 2.18. The van der Waals surface area contributed by atoms with Crippen LogP contribution in [0.25, 0.3) is 0 Å². The Kier molecular flexibility index (Phi) is 5.90. The molecule has 114 valence electrons. The number of nitrogens with zero attached hydrogens (tertiary/aromatic N) is 1. The first-order chi connectivity index (χ1) is 10.6. The summed E-state index contributed by atoms with van der Waals surface area (Å²) in [4.78, 5) is 12.2. The van der Waals surface area contributed by atoms with Gasteiger partial charge in [-0.1, -0.05) is 55.3 Å². The fourth-order valence-corrected chi connectivity index (χ4v) is 2.54. The van der Waals surface area contributed by atoms with E-state index >= 15 is 0 Å². The van der Waals surface area contributed by atoms with Gasteiger partial charge in [-0.25, -0.2) is 5.43 Å². The quantitative estimate of drug-likeness (QED) is 0.611. The third kappa shape index (κ3) is 4.28. The molecule has 0 unspecified atom stereocenters. The number of hydrazone groups is 1. The van der Waals surface area contributed by atoms with Gasteiger partial charge in [0.05, 0.1) is 11.3 Å². The van der Waals surface area contributed by atoms with Crippen molar-refractivity contribution in [3.05, 3.63) is 69.7 Å². The number of carbonyl (C=O) groups excluding carboxylic acids is 1. The van der Waals surface area contributed by atoms with E-state index in [1.807, 2.05) is 30.3 Å². The van der Waals surface area contributed by atoms with Crippen LogP contribution in [-0.2, 0) is 0 Å². The van der Waals surface area contributed by atoms with Crippen LogP contribution in [0, 0.1) is 6.92 Å². The van der Waals surface area contributed by atoms with E-state index in [0.29, 0.717) is 5.56 Å². The number of hydrogen-bond donors (Lipinski definition) is 1. The molecule has 0 spiro atoms. The Morgan fingerprint density at radius 1 is 1.14 bits per heavy atom. The summed E-state index contributed by atoms with van der Waals surface area (Å²) >= 11 is 3.38.